The molecule has 0 bridgehead atoms. The summed E-state index contributed by atoms with van der Waals surface area (Å²) >= 11 is 2.94. The van der Waals surface area contributed by atoms with Gasteiger partial charge in [0.1, 0.15) is 0 Å². The van der Waals surface area contributed by atoms with Crippen molar-refractivity contribution in [3.8, 4) is 0 Å². The number of carbonyl (C=O) groups excluding carboxylic acids is 1. The van der Waals surface area contributed by atoms with E-state index in [1.165, 1.54) is 23.1 Å². The largest absolute Gasteiger partial charge is 0.353 e. The Morgan fingerprint density at radius 1 is 1.30 bits per heavy atom. The van der Waals surface area contributed by atoms with E-state index in [1.54, 1.807) is 0 Å². The summed E-state index contributed by atoms with van der Waals surface area (Å²) in [5.41, 5.74) is 2.93. The van der Waals surface area contributed by atoms with Crippen LogP contribution in [-0.2, 0) is 0 Å². The molecule has 2 aromatic rings. The van der Waals surface area contributed by atoms with Crippen LogP contribution in [0.1, 0.15) is 21.5 Å². The molecule has 0 unspecified atom stereocenters. The molecule has 0 fully saturated rings. The third-order valence-corrected chi connectivity index (χ3v) is 5.02. The summed E-state index contributed by atoms with van der Waals surface area (Å²) in [6.45, 7) is 3.96. The molecule has 0 spiro atoms. The molecule has 0 saturated carbocycles. The maximum atomic E-state index is 12.3. The average molecular weight is 307 g/mol. The van der Waals surface area contributed by atoms with Gasteiger partial charge >= 0.3 is 0 Å². The number of nitrogens with zero attached hydrogens (tertiary/aromatic N) is 3. The predicted octanol–water partition coefficient (Wildman–Crippen LogP) is 3.20. The van der Waals surface area contributed by atoms with Crippen molar-refractivity contribution in [1.29, 1.82) is 0 Å². The molecule has 106 valence electrons. The first-order valence-corrected chi connectivity index (χ1v) is 8.01. The SMILES string of the molecule is Cc1ccc(C)c(C(=O)CSc2nnc(N(C)C)s2)c1. The van der Waals surface area contributed by atoms with Crippen molar-refractivity contribution in [1.82, 2.24) is 10.2 Å². The number of ketones is 1. The number of carbonyl (C=O) groups is 1. The molecule has 0 aliphatic rings. The van der Waals surface area contributed by atoms with Crippen LogP contribution in [0.5, 0.6) is 0 Å². The lowest BCUT2D eigenvalue weighted by Crippen LogP contribution is -2.07. The number of rotatable bonds is 5. The zero-order chi connectivity index (χ0) is 14.7. The van der Waals surface area contributed by atoms with E-state index in [-0.39, 0.29) is 5.78 Å². The molecule has 0 aliphatic heterocycles. The Morgan fingerprint density at radius 3 is 2.70 bits per heavy atom. The fourth-order valence-electron chi connectivity index (χ4n) is 1.68. The summed E-state index contributed by atoms with van der Waals surface area (Å²) in [4.78, 5) is 14.2. The fourth-order valence-corrected chi connectivity index (χ4v) is 3.33. The Kier molecular flexibility index (Phi) is 4.77. The monoisotopic (exact) mass is 307 g/mol. The smallest absolute Gasteiger partial charge is 0.208 e. The van der Waals surface area contributed by atoms with Crippen molar-refractivity contribution in [2.24, 2.45) is 0 Å². The maximum Gasteiger partial charge on any atom is 0.208 e. The molecule has 1 aromatic carbocycles. The predicted molar refractivity (Wildman–Crippen MR) is 85.2 cm³/mol. The van der Waals surface area contributed by atoms with Gasteiger partial charge in [-0.3, -0.25) is 4.79 Å². The van der Waals surface area contributed by atoms with Crippen molar-refractivity contribution >= 4 is 34.0 Å². The average Bonchev–Trinajstić information content (AvgIpc) is 2.88. The van der Waals surface area contributed by atoms with Crippen LogP contribution in [0.15, 0.2) is 22.5 Å². The molecule has 0 N–H and O–H groups in total. The van der Waals surface area contributed by atoms with Gasteiger partial charge in [0.15, 0.2) is 10.1 Å². The molecule has 0 amide bonds. The lowest BCUT2D eigenvalue weighted by Gasteiger charge is -2.05. The van der Waals surface area contributed by atoms with Gasteiger partial charge in [-0.25, -0.2) is 0 Å². The van der Waals surface area contributed by atoms with E-state index in [9.17, 15) is 4.79 Å². The number of anilines is 1. The molecular weight excluding hydrogens is 290 g/mol. The zero-order valence-corrected chi connectivity index (χ0v) is 13.6. The Morgan fingerprint density at radius 2 is 2.05 bits per heavy atom. The van der Waals surface area contributed by atoms with Gasteiger partial charge in [0.05, 0.1) is 5.75 Å². The van der Waals surface area contributed by atoms with Gasteiger partial charge in [0.2, 0.25) is 5.13 Å². The van der Waals surface area contributed by atoms with Crippen LogP contribution in [0.4, 0.5) is 5.13 Å². The first-order valence-electron chi connectivity index (χ1n) is 6.21. The summed E-state index contributed by atoms with van der Waals surface area (Å²) in [6.07, 6.45) is 0. The lowest BCUT2D eigenvalue weighted by molar-refractivity contribution is 0.102. The third kappa shape index (κ3) is 3.58. The number of Topliss-reactive ketones (excluding diaryl/α,β-unsaturated/α-hetero) is 1. The molecule has 6 heteroatoms. The van der Waals surface area contributed by atoms with Gasteiger partial charge in [0, 0.05) is 19.7 Å². The Labute approximate surface area is 127 Å². The second kappa shape index (κ2) is 6.37. The van der Waals surface area contributed by atoms with Crippen LogP contribution >= 0.6 is 23.1 Å². The zero-order valence-electron chi connectivity index (χ0n) is 12.0. The Hall–Kier alpha value is -1.40. The standard InChI is InChI=1S/C14H17N3OS2/c1-9-5-6-10(2)11(7-9)12(18)8-19-14-16-15-13(20-14)17(3)4/h5-7H,8H2,1-4H3. The number of thioether (sulfide) groups is 1. The Bertz CT molecular complexity index is 623. The van der Waals surface area contributed by atoms with E-state index in [0.29, 0.717) is 5.75 Å². The number of hydrogen-bond acceptors (Lipinski definition) is 6. The topological polar surface area (TPSA) is 46.1 Å². The number of aromatic nitrogens is 2. The van der Waals surface area contributed by atoms with E-state index in [1.807, 2.05) is 51.0 Å². The minimum atomic E-state index is 0.137. The van der Waals surface area contributed by atoms with Crippen molar-refractivity contribution in [3.63, 3.8) is 0 Å². The molecule has 4 nitrogen and oxygen atoms in total. The molecule has 1 aromatic heterocycles. The minimum absolute atomic E-state index is 0.137. The van der Waals surface area contributed by atoms with Crippen LogP contribution in [0, 0.1) is 13.8 Å². The summed E-state index contributed by atoms with van der Waals surface area (Å²) in [6, 6.07) is 5.96. The highest BCUT2D eigenvalue weighted by Crippen LogP contribution is 2.27. The summed E-state index contributed by atoms with van der Waals surface area (Å²) < 4.78 is 0.826. The van der Waals surface area contributed by atoms with Crippen LogP contribution in [0.25, 0.3) is 0 Å². The second-order valence-corrected chi connectivity index (χ2v) is 6.95. The highest BCUT2D eigenvalue weighted by Gasteiger charge is 2.12. The van der Waals surface area contributed by atoms with Crippen molar-refractivity contribution in [2.75, 3.05) is 24.7 Å². The summed E-state index contributed by atoms with van der Waals surface area (Å²) in [7, 11) is 3.85. The van der Waals surface area contributed by atoms with Crippen molar-refractivity contribution in [2.45, 2.75) is 18.2 Å². The van der Waals surface area contributed by atoms with E-state index in [2.05, 4.69) is 10.2 Å². The lowest BCUT2D eigenvalue weighted by atomic mass is 10.0. The van der Waals surface area contributed by atoms with Crippen LogP contribution in [0.2, 0.25) is 0 Å². The van der Waals surface area contributed by atoms with Gasteiger partial charge in [-0.2, -0.15) is 0 Å². The van der Waals surface area contributed by atoms with Gasteiger partial charge < -0.3 is 4.90 Å². The van der Waals surface area contributed by atoms with Gasteiger partial charge in [-0.05, 0) is 25.5 Å². The van der Waals surface area contributed by atoms with Gasteiger partial charge in [0.25, 0.3) is 0 Å². The van der Waals surface area contributed by atoms with Gasteiger partial charge in [-0.1, -0.05) is 40.8 Å². The quantitative estimate of drug-likeness (QED) is 0.627. The third-order valence-electron chi connectivity index (χ3n) is 2.80. The minimum Gasteiger partial charge on any atom is -0.353 e. The molecule has 0 saturated heterocycles. The fraction of sp³-hybridized carbons (Fsp3) is 0.357. The highest BCUT2D eigenvalue weighted by atomic mass is 32.2. The Balaban J connectivity index is 2.02. The van der Waals surface area contributed by atoms with Crippen LogP contribution in [-0.4, -0.2) is 35.8 Å². The highest BCUT2D eigenvalue weighted by molar-refractivity contribution is 8.01. The number of hydrogen-bond donors (Lipinski definition) is 0. The molecule has 1 heterocycles. The normalized spacial score (nSPS) is 10.6. The molecule has 2 rings (SSSR count). The van der Waals surface area contributed by atoms with Crippen molar-refractivity contribution < 1.29 is 4.79 Å². The summed E-state index contributed by atoms with van der Waals surface area (Å²) in [5.74, 6) is 0.532. The second-order valence-electron chi connectivity index (χ2n) is 4.78. The molecule has 0 aliphatic carbocycles. The first-order chi connectivity index (χ1) is 9.47. The van der Waals surface area contributed by atoms with E-state index >= 15 is 0 Å². The maximum absolute atomic E-state index is 12.3. The summed E-state index contributed by atoms with van der Waals surface area (Å²) in [5, 5.41) is 8.99. The van der Waals surface area contributed by atoms with E-state index in [0.717, 1.165) is 26.2 Å². The van der Waals surface area contributed by atoms with Gasteiger partial charge in [-0.15, -0.1) is 10.2 Å². The molecular formula is C14H17N3OS2. The first kappa shape index (κ1) is 15.0. The number of benzene rings is 1. The molecule has 20 heavy (non-hydrogen) atoms. The number of aryl methyl sites for hydroxylation is 2. The van der Waals surface area contributed by atoms with E-state index < -0.39 is 0 Å². The van der Waals surface area contributed by atoms with Crippen LogP contribution in [0.3, 0.4) is 0 Å². The molecule has 0 atom stereocenters. The van der Waals surface area contributed by atoms with Crippen molar-refractivity contribution in [3.05, 3.63) is 34.9 Å². The molecule has 0 radical (unpaired) electrons. The van der Waals surface area contributed by atoms with Crippen LogP contribution < -0.4 is 4.90 Å². The van der Waals surface area contributed by atoms with E-state index in [4.69, 9.17) is 0 Å².